The van der Waals surface area contributed by atoms with Gasteiger partial charge in [0.25, 0.3) is 0 Å². The van der Waals surface area contributed by atoms with Gasteiger partial charge in [-0.05, 0) is 35.7 Å². The maximum Gasteiger partial charge on any atom is 0.181 e. The van der Waals surface area contributed by atoms with Gasteiger partial charge in [-0.2, -0.15) is 0 Å². The van der Waals surface area contributed by atoms with Crippen molar-refractivity contribution in [1.82, 2.24) is 0 Å². The molecule has 0 radical (unpaired) electrons. The standard InChI is InChI=1S/C22H23FO3/c1-2-3-4-5-14-24-22-16-25-21(15-26-22)19-8-6-17(7-9-19)18-10-12-20(23)13-11-18/h2-13,21-22H,14-16H2,1H3/b3-2+,5-4+/t21-,22+/m1/s1. The summed E-state index contributed by atoms with van der Waals surface area (Å²) < 4.78 is 30.2. The first-order chi connectivity index (χ1) is 12.8. The van der Waals surface area contributed by atoms with Crippen molar-refractivity contribution in [2.75, 3.05) is 19.8 Å². The second-order valence-corrected chi connectivity index (χ2v) is 6.00. The Kier molecular flexibility index (Phi) is 6.72. The number of benzene rings is 2. The van der Waals surface area contributed by atoms with E-state index < -0.39 is 0 Å². The fourth-order valence-corrected chi connectivity index (χ4v) is 2.72. The van der Waals surface area contributed by atoms with E-state index in [1.807, 2.05) is 55.5 Å². The van der Waals surface area contributed by atoms with Crippen molar-refractivity contribution in [3.05, 3.63) is 84.2 Å². The predicted molar refractivity (Wildman–Crippen MR) is 100 cm³/mol. The van der Waals surface area contributed by atoms with Gasteiger partial charge in [0, 0.05) is 0 Å². The lowest BCUT2D eigenvalue weighted by Crippen LogP contribution is -2.33. The molecule has 0 spiro atoms. The lowest BCUT2D eigenvalue weighted by Gasteiger charge is -2.29. The van der Waals surface area contributed by atoms with Gasteiger partial charge in [0.05, 0.1) is 19.8 Å². The molecule has 0 aromatic heterocycles. The third-order valence-electron chi connectivity index (χ3n) is 4.14. The fourth-order valence-electron chi connectivity index (χ4n) is 2.72. The zero-order valence-corrected chi connectivity index (χ0v) is 14.8. The van der Waals surface area contributed by atoms with Gasteiger partial charge in [-0.3, -0.25) is 0 Å². The SMILES string of the molecule is C/C=C/C=C/CO[C@@H]1CO[C@@H](c2ccc(-c3ccc(F)cc3)cc2)CO1. The summed E-state index contributed by atoms with van der Waals surface area (Å²) in [6.07, 6.45) is 7.35. The van der Waals surface area contributed by atoms with E-state index >= 15 is 0 Å². The quantitative estimate of drug-likeness (QED) is 0.679. The molecule has 3 rings (SSSR count). The van der Waals surface area contributed by atoms with Crippen LogP contribution in [0.5, 0.6) is 0 Å². The van der Waals surface area contributed by atoms with Crippen LogP contribution in [0.1, 0.15) is 18.6 Å². The van der Waals surface area contributed by atoms with Crippen LogP contribution < -0.4 is 0 Å². The summed E-state index contributed by atoms with van der Waals surface area (Å²) in [5.41, 5.74) is 3.08. The van der Waals surface area contributed by atoms with E-state index in [2.05, 4.69) is 0 Å². The zero-order chi connectivity index (χ0) is 18.2. The van der Waals surface area contributed by atoms with Gasteiger partial charge in [0.1, 0.15) is 11.9 Å². The van der Waals surface area contributed by atoms with Crippen LogP contribution >= 0.6 is 0 Å². The number of ether oxygens (including phenoxy) is 3. The Labute approximate surface area is 153 Å². The fraction of sp³-hybridized carbons (Fsp3) is 0.273. The predicted octanol–water partition coefficient (Wildman–Crippen LogP) is 5.06. The molecule has 1 aliphatic rings. The minimum atomic E-state index is -0.333. The van der Waals surface area contributed by atoms with Crippen molar-refractivity contribution in [3.63, 3.8) is 0 Å². The van der Waals surface area contributed by atoms with Gasteiger partial charge >= 0.3 is 0 Å². The summed E-state index contributed by atoms with van der Waals surface area (Å²) in [5.74, 6) is -0.229. The van der Waals surface area contributed by atoms with Crippen LogP contribution in [0.2, 0.25) is 0 Å². The first kappa shape index (κ1) is 18.5. The number of halogens is 1. The van der Waals surface area contributed by atoms with E-state index in [1.165, 1.54) is 12.1 Å². The number of rotatable bonds is 6. The normalized spacial score (nSPS) is 20.8. The zero-order valence-electron chi connectivity index (χ0n) is 14.8. The summed E-state index contributed by atoms with van der Waals surface area (Å²) in [5, 5.41) is 0. The molecule has 2 atom stereocenters. The van der Waals surface area contributed by atoms with Crippen molar-refractivity contribution >= 4 is 0 Å². The lowest BCUT2D eigenvalue weighted by atomic mass is 10.0. The second kappa shape index (κ2) is 9.43. The molecule has 0 saturated carbocycles. The Morgan fingerprint density at radius 3 is 2.27 bits per heavy atom. The molecule has 3 nitrogen and oxygen atoms in total. The van der Waals surface area contributed by atoms with Gasteiger partial charge in [-0.25, -0.2) is 4.39 Å². The van der Waals surface area contributed by atoms with Crippen LogP contribution in [0.25, 0.3) is 11.1 Å². The van der Waals surface area contributed by atoms with Crippen LogP contribution in [0.4, 0.5) is 4.39 Å². The molecule has 0 N–H and O–H groups in total. The monoisotopic (exact) mass is 354 g/mol. The molecule has 1 aliphatic heterocycles. The molecular weight excluding hydrogens is 331 g/mol. The van der Waals surface area contributed by atoms with Crippen LogP contribution in [-0.4, -0.2) is 26.1 Å². The maximum atomic E-state index is 13.0. The van der Waals surface area contributed by atoms with Crippen LogP contribution in [0.3, 0.4) is 0 Å². The van der Waals surface area contributed by atoms with Crippen LogP contribution in [0, 0.1) is 5.82 Å². The average Bonchev–Trinajstić information content (AvgIpc) is 2.69. The third-order valence-corrected chi connectivity index (χ3v) is 4.14. The van der Waals surface area contributed by atoms with Crippen LogP contribution in [-0.2, 0) is 14.2 Å². The first-order valence-electron chi connectivity index (χ1n) is 8.75. The Balaban J connectivity index is 1.51. The topological polar surface area (TPSA) is 27.7 Å². The van der Waals surface area contributed by atoms with E-state index in [4.69, 9.17) is 14.2 Å². The molecule has 0 bridgehead atoms. The van der Waals surface area contributed by atoms with Crippen molar-refractivity contribution in [2.24, 2.45) is 0 Å². The molecule has 2 aromatic rings. The molecule has 136 valence electrons. The molecule has 1 fully saturated rings. The highest BCUT2D eigenvalue weighted by molar-refractivity contribution is 5.63. The van der Waals surface area contributed by atoms with E-state index in [0.717, 1.165) is 16.7 Å². The maximum absolute atomic E-state index is 13.0. The minimum absolute atomic E-state index is 0.101. The molecule has 1 saturated heterocycles. The van der Waals surface area contributed by atoms with E-state index in [1.54, 1.807) is 12.1 Å². The minimum Gasteiger partial charge on any atom is -0.366 e. The van der Waals surface area contributed by atoms with Gasteiger partial charge in [-0.15, -0.1) is 0 Å². The van der Waals surface area contributed by atoms with Crippen molar-refractivity contribution in [3.8, 4) is 11.1 Å². The number of hydrogen-bond donors (Lipinski definition) is 0. The smallest absolute Gasteiger partial charge is 0.181 e. The molecular formula is C22H23FO3. The van der Waals surface area contributed by atoms with Gasteiger partial charge < -0.3 is 14.2 Å². The summed E-state index contributed by atoms with van der Waals surface area (Å²) in [7, 11) is 0. The lowest BCUT2D eigenvalue weighted by molar-refractivity contribution is -0.232. The van der Waals surface area contributed by atoms with Gasteiger partial charge in [0.2, 0.25) is 0 Å². The molecule has 0 aliphatic carbocycles. The van der Waals surface area contributed by atoms with Crippen LogP contribution in [0.15, 0.2) is 72.8 Å². The van der Waals surface area contributed by atoms with Crippen molar-refractivity contribution in [2.45, 2.75) is 19.3 Å². The molecule has 1 heterocycles. The highest BCUT2D eigenvalue weighted by Gasteiger charge is 2.23. The molecule has 0 amide bonds. The number of allylic oxidation sites excluding steroid dienone is 3. The van der Waals surface area contributed by atoms with E-state index in [9.17, 15) is 4.39 Å². The highest BCUT2D eigenvalue weighted by atomic mass is 19.1. The summed E-state index contributed by atoms with van der Waals surface area (Å²) >= 11 is 0. The number of hydrogen-bond acceptors (Lipinski definition) is 3. The summed E-state index contributed by atoms with van der Waals surface area (Å²) in [6, 6.07) is 14.6. The summed E-state index contributed by atoms with van der Waals surface area (Å²) in [6.45, 7) is 3.33. The van der Waals surface area contributed by atoms with E-state index in [0.29, 0.717) is 19.8 Å². The Morgan fingerprint density at radius 2 is 1.65 bits per heavy atom. The Bertz CT molecular complexity index is 727. The first-order valence-corrected chi connectivity index (χ1v) is 8.75. The highest BCUT2D eigenvalue weighted by Crippen LogP contribution is 2.26. The van der Waals surface area contributed by atoms with Crippen molar-refractivity contribution < 1.29 is 18.6 Å². The van der Waals surface area contributed by atoms with Crippen molar-refractivity contribution in [1.29, 1.82) is 0 Å². The molecule has 26 heavy (non-hydrogen) atoms. The Hall–Kier alpha value is -2.27. The Morgan fingerprint density at radius 1 is 0.962 bits per heavy atom. The average molecular weight is 354 g/mol. The van der Waals surface area contributed by atoms with Gasteiger partial charge in [0.15, 0.2) is 6.29 Å². The third kappa shape index (κ3) is 5.11. The molecule has 0 unspecified atom stereocenters. The summed E-state index contributed by atoms with van der Waals surface area (Å²) in [4.78, 5) is 0. The second-order valence-electron chi connectivity index (χ2n) is 6.00. The molecule has 4 heteroatoms. The van der Waals surface area contributed by atoms with E-state index in [-0.39, 0.29) is 18.2 Å². The molecule has 2 aromatic carbocycles. The largest absolute Gasteiger partial charge is 0.366 e. The van der Waals surface area contributed by atoms with Gasteiger partial charge in [-0.1, -0.05) is 60.7 Å².